The monoisotopic (exact) mass is 262 g/mol. The van der Waals surface area contributed by atoms with Crippen LogP contribution in [0.3, 0.4) is 0 Å². The molecule has 3 rings (SSSR count). The van der Waals surface area contributed by atoms with Gasteiger partial charge in [0, 0.05) is 39.8 Å². The summed E-state index contributed by atoms with van der Waals surface area (Å²) in [7, 11) is 3.97. The minimum atomic E-state index is 0.259. The standard InChI is InChI=1S/C14H22N4O/c1-16-10-14(7-13(16)19)3-5-18(6-4-14)9-12-8-15-11-17(12)2/h8,11H,3-7,9-10H2,1-2H3. The first-order chi connectivity index (χ1) is 9.08. The highest BCUT2D eigenvalue weighted by Gasteiger charge is 2.43. The number of amides is 1. The van der Waals surface area contributed by atoms with E-state index in [9.17, 15) is 4.79 Å². The summed E-state index contributed by atoms with van der Waals surface area (Å²) in [6.45, 7) is 4.10. The zero-order valence-electron chi connectivity index (χ0n) is 11.8. The first kappa shape index (κ1) is 12.7. The summed E-state index contributed by atoms with van der Waals surface area (Å²) < 4.78 is 2.08. The molecule has 3 heterocycles. The van der Waals surface area contributed by atoms with Gasteiger partial charge in [-0.25, -0.2) is 4.98 Å². The molecule has 0 N–H and O–H groups in total. The maximum absolute atomic E-state index is 11.7. The van der Waals surface area contributed by atoms with Gasteiger partial charge in [-0.2, -0.15) is 0 Å². The quantitative estimate of drug-likeness (QED) is 0.794. The highest BCUT2D eigenvalue weighted by Crippen LogP contribution is 2.40. The third-order valence-electron chi connectivity index (χ3n) is 4.74. The maximum Gasteiger partial charge on any atom is 0.222 e. The zero-order valence-corrected chi connectivity index (χ0v) is 11.8. The van der Waals surface area contributed by atoms with Gasteiger partial charge in [-0.1, -0.05) is 0 Å². The highest BCUT2D eigenvalue weighted by molar-refractivity contribution is 5.79. The van der Waals surface area contributed by atoms with Gasteiger partial charge < -0.3 is 9.47 Å². The van der Waals surface area contributed by atoms with Crippen molar-refractivity contribution in [1.82, 2.24) is 19.4 Å². The van der Waals surface area contributed by atoms with Gasteiger partial charge in [-0.15, -0.1) is 0 Å². The number of aryl methyl sites for hydroxylation is 1. The Balaban J connectivity index is 1.58. The number of rotatable bonds is 2. The van der Waals surface area contributed by atoms with Gasteiger partial charge in [0.2, 0.25) is 5.91 Å². The van der Waals surface area contributed by atoms with Crippen molar-refractivity contribution in [3.8, 4) is 0 Å². The molecule has 0 saturated carbocycles. The molecule has 2 aliphatic rings. The lowest BCUT2D eigenvalue weighted by Gasteiger charge is -2.38. The Kier molecular flexibility index (Phi) is 3.09. The fraction of sp³-hybridized carbons (Fsp3) is 0.714. The molecule has 0 bridgehead atoms. The van der Waals surface area contributed by atoms with E-state index in [1.165, 1.54) is 5.69 Å². The molecule has 5 heteroatoms. The van der Waals surface area contributed by atoms with Crippen LogP contribution in [0, 0.1) is 5.41 Å². The van der Waals surface area contributed by atoms with Crippen LogP contribution in [0.1, 0.15) is 25.0 Å². The number of nitrogens with zero attached hydrogens (tertiary/aromatic N) is 4. The average Bonchev–Trinajstić information content (AvgIpc) is 2.89. The van der Waals surface area contributed by atoms with E-state index in [4.69, 9.17) is 0 Å². The molecule has 0 radical (unpaired) electrons. The van der Waals surface area contributed by atoms with E-state index in [0.717, 1.165) is 45.4 Å². The minimum absolute atomic E-state index is 0.259. The van der Waals surface area contributed by atoms with E-state index in [1.54, 1.807) is 0 Å². The van der Waals surface area contributed by atoms with Crippen molar-refractivity contribution >= 4 is 5.91 Å². The Labute approximate surface area is 114 Å². The lowest BCUT2D eigenvalue weighted by atomic mass is 9.77. The fourth-order valence-electron chi connectivity index (χ4n) is 3.39. The fourth-order valence-corrected chi connectivity index (χ4v) is 3.39. The van der Waals surface area contributed by atoms with E-state index in [1.807, 2.05) is 31.5 Å². The van der Waals surface area contributed by atoms with Gasteiger partial charge in [0.05, 0.1) is 12.0 Å². The average molecular weight is 262 g/mol. The molecule has 1 aromatic rings. The number of hydrogen-bond donors (Lipinski definition) is 0. The van der Waals surface area contributed by atoms with Crippen LogP contribution in [-0.2, 0) is 18.4 Å². The topological polar surface area (TPSA) is 41.4 Å². The number of carbonyl (C=O) groups excluding carboxylic acids is 1. The Morgan fingerprint density at radius 2 is 2.05 bits per heavy atom. The largest absolute Gasteiger partial charge is 0.345 e. The number of piperidine rings is 1. The van der Waals surface area contributed by atoms with Crippen LogP contribution in [0.25, 0.3) is 0 Å². The molecule has 0 unspecified atom stereocenters. The predicted molar refractivity (Wildman–Crippen MR) is 72.4 cm³/mol. The molecule has 1 aromatic heterocycles. The highest BCUT2D eigenvalue weighted by atomic mass is 16.2. The van der Waals surface area contributed by atoms with E-state index in [0.29, 0.717) is 5.91 Å². The Bertz CT molecular complexity index is 474. The number of likely N-dealkylation sites (tertiary alicyclic amines) is 2. The molecule has 2 fully saturated rings. The van der Waals surface area contributed by atoms with E-state index in [2.05, 4.69) is 14.5 Å². The summed E-state index contributed by atoms with van der Waals surface area (Å²) in [5.41, 5.74) is 1.52. The van der Waals surface area contributed by atoms with Gasteiger partial charge >= 0.3 is 0 Å². The molecule has 1 amide bonds. The molecule has 2 saturated heterocycles. The molecule has 0 aromatic carbocycles. The van der Waals surface area contributed by atoms with Crippen LogP contribution in [0.15, 0.2) is 12.5 Å². The summed E-state index contributed by atoms with van der Waals surface area (Å²) in [4.78, 5) is 20.3. The van der Waals surface area contributed by atoms with Crippen LogP contribution >= 0.6 is 0 Å². The van der Waals surface area contributed by atoms with Crippen molar-refractivity contribution in [2.24, 2.45) is 12.5 Å². The van der Waals surface area contributed by atoms with Crippen molar-refractivity contribution in [3.63, 3.8) is 0 Å². The van der Waals surface area contributed by atoms with Crippen LogP contribution in [-0.4, -0.2) is 51.9 Å². The maximum atomic E-state index is 11.7. The summed E-state index contributed by atoms with van der Waals surface area (Å²) in [6.07, 6.45) is 6.83. The van der Waals surface area contributed by atoms with Crippen LogP contribution < -0.4 is 0 Å². The van der Waals surface area contributed by atoms with Crippen molar-refractivity contribution < 1.29 is 4.79 Å². The van der Waals surface area contributed by atoms with Gasteiger partial charge in [0.1, 0.15) is 0 Å². The molecule has 104 valence electrons. The Morgan fingerprint density at radius 1 is 1.32 bits per heavy atom. The lowest BCUT2D eigenvalue weighted by Crippen LogP contribution is -2.41. The summed E-state index contributed by atoms with van der Waals surface area (Å²) in [5.74, 6) is 0.320. The van der Waals surface area contributed by atoms with Crippen molar-refractivity contribution in [1.29, 1.82) is 0 Å². The van der Waals surface area contributed by atoms with E-state index < -0.39 is 0 Å². The second-order valence-electron chi connectivity index (χ2n) is 6.20. The SMILES string of the molecule is CN1CC2(CCN(Cc3cncn3C)CC2)CC1=O. The van der Waals surface area contributed by atoms with Crippen LogP contribution in [0.5, 0.6) is 0 Å². The molecule has 5 nitrogen and oxygen atoms in total. The second kappa shape index (κ2) is 4.63. The molecule has 19 heavy (non-hydrogen) atoms. The van der Waals surface area contributed by atoms with E-state index >= 15 is 0 Å². The van der Waals surface area contributed by atoms with Crippen LogP contribution in [0.2, 0.25) is 0 Å². The van der Waals surface area contributed by atoms with Gasteiger partial charge in [0.15, 0.2) is 0 Å². The van der Waals surface area contributed by atoms with Gasteiger partial charge in [0.25, 0.3) is 0 Å². The van der Waals surface area contributed by atoms with Crippen molar-refractivity contribution in [2.45, 2.75) is 25.8 Å². The third kappa shape index (κ3) is 2.39. The van der Waals surface area contributed by atoms with Crippen molar-refractivity contribution in [3.05, 3.63) is 18.2 Å². The van der Waals surface area contributed by atoms with Crippen LogP contribution in [0.4, 0.5) is 0 Å². The lowest BCUT2D eigenvalue weighted by molar-refractivity contribution is -0.126. The number of imidazole rings is 1. The Morgan fingerprint density at radius 3 is 2.58 bits per heavy atom. The van der Waals surface area contributed by atoms with Crippen molar-refractivity contribution in [2.75, 3.05) is 26.7 Å². The molecule has 1 spiro atoms. The Hall–Kier alpha value is -1.36. The van der Waals surface area contributed by atoms with E-state index in [-0.39, 0.29) is 5.41 Å². The normalized spacial score (nSPS) is 23.5. The number of carbonyl (C=O) groups is 1. The second-order valence-corrected chi connectivity index (χ2v) is 6.20. The molecular weight excluding hydrogens is 240 g/mol. The number of aromatic nitrogens is 2. The molecule has 2 aliphatic heterocycles. The summed E-state index contributed by atoms with van der Waals surface area (Å²) in [6, 6.07) is 0. The first-order valence-electron chi connectivity index (χ1n) is 7.00. The predicted octanol–water partition coefficient (Wildman–Crippen LogP) is 0.864. The first-order valence-corrected chi connectivity index (χ1v) is 7.00. The summed E-state index contributed by atoms with van der Waals surface area (Å²) >= 11 is 0. The smallest absolute Gasteiger partial charge is 0.222 e. The third-order valence-corrected chi connectivity index (χ3v) is 4.74. The zero-order chi connectivity index (χ0) is 13.5. The number of hydrogen-bond acceptors (Lipinski definition) is 3. The molecular formula is C14H22N4O. The van der Waals surface area contributed by atoms with Gasteiger partial charge in [-0.3, -0.25) is 9.69 Å². The van der Waals surface area contributed by atoms with Gasteiger partial charge in [-0.05, 0) is 31.3 Å². The molecule has 0 atom stereocenters. The molecule has 0 aliphatic carbocycles. The minimum Gasteiger partial charge on any atom is -0.345 e. The summed E-state index contributed by atoms with van der Waals surface area (Å²) in [5, 5.41) is 0.